The maximum atomic E-state index is 12.2. The molecule has 1 atom stereocenters. The first-order valence-corrected chi connectivity index (χ1v) is 12.5. The average molecular weight is 485 g/mol. The highest BCUT2D eigenvalue weighted by Crippen LogP contribution is 2.28. The van der Waals surface area contributed by atoms with Gasteiger partial charge in [0.15, 0.2) is 0 Å². The number of carboxylic acids is 1. The van der Waals surface area contributed by atoms with Gasteiger partial charge in [0, 0.05) is 34.8 Å². The van der Waals surface area contributed by atoms with Crippen LogP contribution in [0.15, 0.2) is 83.3 Å². The maximum Gasteiger partial charge on any atom is 0.305 e. The molecule has 6 heteroatoms. The summed E-state index contributed by atoms with van der Waals surface area (Å²) in [5, 5.41) is 16.1. The molecule has 4 rings (SSSR count). The van der Waals surface area contributed by atoms with Gasteiger partial charge in [0.05, 0.1) is 6.42 Å². The zero-order chi connectivity index (χ0) is 25.3. The van der Waals surface area contributed by atoms with Crippen molar-refractivity contribution in [3.8, 4) is 11.3 Å². The van der Waals surface area contributed by atoms with E-state index in [1.807, 2.05) is 30.3 Å². The smallest absolute Gasteiger partial charge is 0.305 e. The van der Waals surface area contributed by atoms with Gasteiger partial charge in [-0.2, -0.15) is 0 Å². The molecule has 3 N–H and O–H groups in total. The first-order chi connectivity index (χ1) is 17.5. The van der Waals surface area contributed by atoms with E-state index < -0.39 is 5.97 Å². The Labute approximate surface area is 211 Å². The number of amides is 1. The summed E-state index contributed by atoms with van der Waals surface area (Å²) in [4.78, 5) is 22.8. The van der Waals surface area contributed by atoms with Gasteiger partial charge in [0.2, 0.25) is 0 Å². The van der Waals surface area contributed by atoms with Gasteiger partial charge >= 0.3 is 5.97 Å². The molecule has 3 aromatic carbocycles. The lowest BCUT2D eigenvalue weighted by atomic mass is 9.99. The summed E-state index contributed by atoms with van der Waals surface area (Å²) < 4.78 is 6.00. The monoisotopic (exact) mass is 484 g/mol. The first-order valence-electron chi connectivity index (χ1n) is 12.5. The van der Waals surface area contributed by atoms with Crippen LogP contribution in [0.3, 0.4) is 0 Å². The van der Waals surface area contributed by atoms with E-state index in [2.05, 4.69) is 54.0 Å². The van der Waals surface area contributed by atoms with Crippen LogP contribution in [0, 0.1) is 0 Å². The van der Waals surface area contributed by atoms with Crippen LogP contribution < -0.4 is 10.6 Å². The van der Waals surface area contributed by atoms with Crippen LogP contribution in [-0.2, 0) is 11.2 Å². The Morgan fingerprint density at radius 2 is 1.72 bits per heavy atom. The van der Waals surface area contributed by atoms with Gasteiger partial charge in [-0.15, -0.1) is 0 Å². The predicted octanol–water partition coefficient (Wildman–Crippen LogP) is 6.52. The molecule has 1 amide bonds. The standard InChI is InChI=1S/C30H32N2O4/c1-2-3-7-26(32-25-15-13-23(14-16-25)30(35)31-18-17-29(33)34)19-21-9-11-22(12-10-21)28-20-24-6-4-5-8-27(24)36-28/h4-6,8-16,20,26,32H,2-3,7,17-19H2,1H3,(H,31,35)(H,33,34). The second kappa shape index (κ2) is 12.1. The molecular formula is C30H32N2O4. The van der Waals surface area contributed by atoms with Crippen molar-refractivity contribution in [3.63, 3.8) is 0 Å². The number of hydrogen-bond acceptors (Lipinski definition) is 4. The van der Waals surface area contributed by atoms with Crippen molar-refractivity contribution in [1.82, 2.24) is 5.32 Å². The number of carboxylic acid groups (broad SMARTS) is 1. The zero-order valence-corrected chi connectivity index (χ0v) is 20.5. The second-order valence-electron chi connectivity index (χ2n) is 9.01. The summed E-state index contributed by atoms with van der Waals surface area (Å²) in [6.45, 7) is 2.30. The van der Waals surface area contributed by atoms with Crippen LogP contribution >= 0.6 is 0 Å². The topological polar surface area (TPSA) is 91.6 Å². The SMILES string of the molecule is CCCCC(Cc1ccc(-c2cc3ccccc3o2)cc1)Nc1ccc(C(=O)NCCC(=O)O)cc1. The van der Waals surface area contributed by atoms with E-state index in [-0.39, 0.29) is 24.9 Å². The van der Waals surface area contributed by atoms with E-state index in [1.54, 1.807) is 12.1 Å². The van der Waals surface area contributed by atoms with Crippen molar-refractivity contribution in [1.29, 1.82) is 0 Å². The molecule has 0 radical (unpaired) electrons. The van der Waals surface area contributed by atoms with Crippen molar-refractivity contribution in [2.24, 2.45) is 0 Å². The Bertz CT molecular complexity index is 1260. The number of furan rings is 1. The molecule has 0 aliphatic rings. The molecule has 0 saturated heterocycles. The normalized spacial score (nSPS) is 11.8. The molecule has 0 fully saturated rings. The van der Waals surface area contributed by atoms with E-state index in [0.29, 0.717) is 5.56 Å². The third-order valence-corrected chi connectivity index (χ3v) is 6.19. The number of hydrogen-bond donors (Lipinski definition) is 3. The third kappa shape index (κ3) is 6.75. The highest BCUT2D eigenvalue weighted by Gasteiger charge is 2.12. The van der Waals surface area contributed by atoms with Gasteiger partial charge < -0.3 is 20.2 Å². The van der Waals surface area contributed by atoms with E-state index in [1.165, 1.54) is 5.56 Å². The Kier molecular flexibility index (Phi) is 8.40. The molecule has 0 aliphatic heterocycles. The fourth-order valence-electron chi connectivity index (χ4n) is 4.23. The highest BCUT2D eigenvalue weighted by molar-refractivity contribution is 5.94. The number of unbranched alkanes of at least 4 members (excludes halogenated alkanes) is 1. The Balaban J connectivity index is 1.38. The van der Waals surface area contributed by atoms with Gasteiger partial charge in [-0.1, -0.05) is 62.2 Å². The number of carbonyl (C=O) groups excluding carboxylic acids is 1. The number of carbonyl (C=O) groups is 2. The fraction of sp³-hybridized carbons (Fsp3) is 0.267. The number of anilines is 1. The van der Waals surface area contributed by atoms with Gasteiger partial charge in [0.25, 0.3) is 5.91 Å². The third-order valence-electron chi connectivity index (χ3n) is 6.19. The van der Waals surface area contributed by atoms with E-state index >= 15 is 0 Å². The van der Waals surface area contributed by atoms with Crippen molar-refractivity contribution in [3.05, 3.63) is 90.0 Å². The van der Waals surface area contributed by atoms with Crippen molar-refractivity contribution >= 4 is 28.5 Å². The molecule has 1 unspecified atom stereocenters. The molecule has 0 bridgehead atoms. The van der Waals surface area contributed by atoms with Crippen molar-refractivity contribution < 1.29 is 19.1 Å². The summed E-state index contributed by atoms with van der Waals surface area (Å²) in [5.74, 6) is -0.331. The summed E-state index contributed by atoms with van der Waals surface area (Å²) >= 11 is 0. The number of para-hydroxylation sites is 1. The van der Waals surface area contributed by atoms with Crippen LogP contribution in [0.5, 0.6) is 0 Å². The molecule has 186 valence electrons. The lowest BCUT2D eigenvalue weighted by molar-refractivity contribution is -0.136. The molecule has 4 aromatic rings. The van der Waals surface area contributed by atoms with Crippen LogP contribution in [0.1, 0.15) is 48.5 Å². The number of aliphatic carboxylic acids is 1. The lowest BCUT2D eigenvalue weighted by Gasteiger charge is -2.20. The van der Waals surface area contributed by atoms with E-state index in [0.717, 1.165) is 53.7 Å². The summed E-state index contributed by atoms with van der Waals surface area (Å²) in [5.41, 5.74) is 4.67. The Morgan fingerprint density at radius 1 is 0.972 bits per heavy atom. The van der Waals surface area contributed by atoms with E-state index in [9.17, 15) is 9.59 Å². The number of rotatable bonds is 12. The van der Waals surface area contributed by atoms with Crippen molar-refractivity contribution in [2.45, 2.75) is 45.1 Å². The van der Waals surface area contributed by atoms with Crippen LogP contribution in [0.4, 0.5) is 5.69 Å². The van der Waals surface area contributed by atoms with Crippen LogP contribution in [-0.4, -0.2) is 29.6 Å². The molecule has 36 heavy (non-hydrogen) atoms. The fourth-order valence-corrected chi connectivity index (χ4v) is 4.23. The summed E-state index contributed by atoms with van der Waals surface area (Å²) in [7, 11) is 0. The average Bonchev–Trinajstić information content (AvgIpc) is 3.32. The Morgan fingerprint density at radius 3 is 2.42 bits per heavy atom. The van der Waals surface area contributed by atoms with Gasteiger partial charge in [-0.3, -0.25) is 9.59 Å². The quantitative estimate of drug-likeness (QED) is 0.213. The Hall–Kier alpha value is -4.06. The van der Waals surface area contributed by atoms with Gasteiger partial charge in [-0.05, 0) is 54.8 Å². The van der Waals surface area contributed by atoms with Gasteiger partial charge in [0.1, 0.15) is 11.3 Å². The zero-order valence-electron chi connectivity index (χ0n) is 20.5. The molecule has 0 spiro atoms. The molecular weight excluding hydrogens is 452 g/mol. The molecule has 0 saturated carbocycles. The molecule has 1 heterocycles. The molecule has 1 aromatic heterocycles. The van der Waals surface area contributed by atoms with Crippen LogP contribution in [0.2, 0.25) is 0 Å². The number of nitrogens with one attached hydrogen (secondary N) is 2. The lowest BCUT2D eigenvalue weighted by Crippen LogP contribution is -2.26. The van der Waals surface area contributed by atoms with E-state index in [4.69, 9.17) is 9.52 Å². The van der Waals surface area contributed by atoms with Crippen molar-refractivity contribution in [2.75, 3.05) is 11.9 Å². The molecule has 0 aliphatic carbocycles. The minimum atomic E-state index is -0.933. The molecule has 6 nitrogen and oxygen atoms in total. The maximum absolute atomic E-state index is 12.2. The number of fused-ring (bicyclic) bond motifs is 1. The largest absolute Gasteiger partial charge is 0.481 e. The minimum absolute atomic E-state index is 0.0935. The second-order valence-corrected chi connectivity index (χ2v) is 9.01. The summed E-state index contributed by atoms with van der Waals surface area (Å²) in [6, 6.07) is 26.2. The number of benzene rings is 3. The van der Waals surface area contributed by atoms with Crippen LogP contribution in [0.25, 0.3) is 22.3 Å². The summed E-state index contributed by atoms with van der Waals surface area (Å²) in [6.07, 6.45) is 4.08. The van der Waals surface area contributed by atoms with Gasteiger partial charge in [-0.25, -0.2) is 0 Å². The first kappa shape index (κ1) is 25.0. The minimum Gasteiger partial charge on any atom is -0.481 e. The predicted molar refractivity (Wildman–Crippen MR) is 143 cm³/mol. The highest BCUT2D eigenvalue weighted by atomic mass is 16.4.